The molecule has 0 atom stereocenters. The van der Waals surface area contributed by atoms with Gasteiger partial charge in [0.15, 0.2) is 23.2 Å². The first-order valence-electron chi connectivity index (χ1n) is 14.1. The molecule has 0 aliphatic rings. The zero-order valence-electron chi connectivity index (χ0n) is 23.2. The van der Waals surface area contributed by atoms with Crippen LogP contribution in [-0.2, 0) is 12.8 Å². The molecule has 0 fully saturated rings. The number of aryl methyl sites for hydroxylation is 3. The van der Waals surface area contributed by atoms with E-state index >= 15 is 0 Å². The van der Waals surface area contributed by atoms with Crippen molar-refractivity contribution in [2.45, 2.75) is 65.2 Å². The summed E-state index contributed by atoms with van der Waals surface area (Å²) in [6.07, 6.45) is 7.30. The summed E-state index contributed by atoms with van der Waals surface area (Å²) in [5.74, 6) is -3.70. The van der Waals surface area contributed by atoms with Crippen LogP contribution in [0.1, 0.15) is 62.1 Å². The van der Waals surface area contributed by atoms with E-state index in [1.807, 2.05) is 19.1 Å². The Bertz CT molecular complexity index is 1390. The van der Waals surface area contributed by atoms with Crippen LogP contribution in [0.15, 0.2) is 72.8 Å². The highest BCUT2D eigenvalue weighted by atomic mass is 19.2. The summed E-state index contributed by atoms with van der Waals surface area (Å²) < 4.78 is 64.7. The summed E-state index contributed by atoms with van der Waals surface area (Å²) in [7, 11) is 0. The highest BCUT2D eigenvalue weighted by Gasteiger charge is 2.17. The predicted octanol–water partition coefficient (Wildman–Crippen LogP) is 10.4. The van der Waals surface area contributed by atoms with Crippen molar-refractivity contribution in [1.29, 1.82) is 0 Å². The number of rotatable bonds is 13. The molecule has 5 heteroatoms. The van der Waals surface area contributed by atoms with E-state index < -0.39 is 23.3 Å². The Kier molecular flexibility index (Phi) is 10.4. The van der Waals surface area contributed by atoms with Gasteiger partial charge in [-0.1, -0.05) is 105 Å². The van der Waals surface area contributed by atoms with Crippen molar-refractivity contribution in [2.75, 3.05) is 6.61 Å². The SMILES string of the molecule is CCCCCCCCOc1ccc(-c2ccc(CCc3ccc(-c4ccc(C)cc4)c(F)c3F)cc2)c(F)c1F. The highest BCUT2D eigenvalue weighted by molar-refractivity contribution is 5.66. The maximum absolute atomic E-state index is 14.9. The standard InChI is InChI=1S/C35H36F4O/c1-3-4-5-6-7-8-23-40-31-22-21-30(34(38)35(31)39)27-16-11-25(12-17-27)13-18-28-19-20-29(33(37)32(28)36)26-14-9-24(2)10-15-26/h9-12,14-17,19-22H,3-8,13,18,23H2,1-2H3. The maximum atomic E-state index is 14.9. The van der Waals surface area contributed by atoms with Crippen LogP contribution in [0.2, 0.25) is 0 Å². The molecule has 0 aliphatic heterocycles. The average Bonchev–Trinajstić information content (AvgIpc) is 2.96. The van der Waals surface area contributed by atoms with Crippen LogP contribution >= 0.6 is 0 Å². The third-order valence-electron chi connectivity index (χ3n) is 7.28. The van der Waals surface area contributed by atoms with Crippen molar-refractivity contribution in [2.24, 2.45) is 0 Å². The van der Waals surface area contributed by atoms with Crippen molar-refractivity contribution in [1.82, 2.24) is 0 Å². The minimum Gasteiger partial charge on any atom is -0.490 e. The monoisotopic (exact) mass is 548 g/mol. The topological polar surface area (TPSA) is 9.23 Å². The molecule has 0 spiro atoms. The third kappa shape index (κ3) is 7.32. The van der Waals surface area contributed by atoms with Crippen LogP contribution < -0.4 is 4.74 Å². The van der Waals surface area contributed by atoms with Gasteiger partial charge in [-0.15, -0.1) is 0 Å². The molecule has 0 N–H and O–H groups in total. The summed E-state index contributed by atoms with van der Waals surface area (Å²) in [5.41, 5.74) is 3.76. The molecule has 4 aromatic rings. The quantitative estimate of drug-likeness (QED) is 0.119. The zero-order chi connectivity index (χ0) is 28.5. The lowest BCUT2D eigenvalue weighted by Gasteiger charge is -2.11. The number of unbranched alkanes of at least 4 members (excludes halogenated alkanes) is 5. The lowest BCUT2D eigenvalue weighted by atomic mass is 9.97. The molecule has 4 rings (SSSR count). The molecule has 0 aliphatic carbocycles. The van der Waals surface area contributed by atoms with Gasteiger partial charge < -0.3 is 4.74 Å². The van der Waals surface area contributed by atoms with E-state index in [1.165, 1.54) is 31.4 Å². The Morgan fingerprint density at radius 1 is 0.550 bits per heavy atom. The Balaban J connectivity index is 1.36. The number of hydrogen-bond acceptors (Lipinski definition) is 1. The summed E-state index contributed by atoms with van der Waals surface area (Å²) in [4.78, 5) is 0. The predicted molar refractivity (Wildman–Crippen MR) is 155 cm³/mol. The molecule has 0 unspecified atom stereocenters. The molecule has 0 radical (unpaired) electrons. The van der Waals surface area contributed by atoms with Gasteiger partial charge in [0.05, 0.1) is 6.61 Å². The van der Waals surface area contributed by atoms with Gasteiger partial charge in [-0.3, -0.25) is 0 Å². The molecule has 0 saturated heterocycles. The fourth-order valence-electron chi connectivity index (χ4n) is 4.80. The number of benzene rings is 4. The van der Waals surface area contributed by atoms with E-state index in [-0.39, 0.29) is 16.9 Å². The molecule has 0 aromatic heterocycles. The van der Waals surface area contributed by atoms with Gasteiger partial charge in [-0.05, 0) is 60.6 Å². The van der Waals surface area contributed by atoms with Crippen LogP contribution in [-0.4, -0.2) is 6.61 Å². The molecule has 40 heavy (non-hydrogen) atoms. The van der Waals surface area contributed by atoms with Crippen molar-refractivity contribution in [3.05, 3.63) is 113 Å². The van der Waals surface area contributed by atoms with Gasteiger partial charge in [-0.2, -0.15) is 4.39 Å². The summed E-state index contributed by atoms with van der Waals surface area (Å²) in [6, 6.07) is 20.5. The Morgan fingerprint density at radius 3 is 1.80 bits per heavy atom. The highest BCUT2D eigenvalue weighted by Crippen LogP contribution is 2.31. The van der Waals surface area contributed by atoms with E-state index in [1.54, 1.807) is 48.5 Å². The van der Waals surface area contributed by atoms with Crippen LogP contribution in [0, 0.1) is 30.2 Å². The van der Waals surface area contributed by atoms with Gasteiger partial charge in [0.1, 0.15) is 0 Å². The molecule has 4 aromatic carbocycles. The van der Waals surface area contributed by atoms with Crippen molar-refractivity contribution < 1.29 is 22.3 Å². The molecular formula is C35H36F4O. The summed E-state index contributed by atoms with van der Waals surface area (Å²) >= 11 is 0. The first-order valence-corrected chi connectivity index (χ1v) is 14.1. The minimum absolute atomic E-state index is 0.0749. The minimum atomic E-state index is -0.987. The molecule has 1 nitrogen and oxygen atoms in total. The van der Waals surface area contributed by atoms with Gasteiger partial charge in [0.25, 0.3) is 0 Å². The molecule has 0 heterocycles. The second kappa shape index (κ2) is 14.2. The second-order valence-electron chi connectivity index (χ2n) is 10.3. The normalized spacial score (nSPS) is 11.2. The lowest BCUT2D eigenvalue weighted by Crippen LogP contribution is -2.02. The van der Waals surface area contributed by atoms with Crippen molar-refractivity contribution >= 4 is 0 Å². The van der Waals surface area contributed by atoms with E-state index in [0.717, 1.165) is 30.4 Å². The van der Waals surface area contributed by atoms with Gasteiger partial charge in [0, 0.05) is 11.1 Å². The maximum Gasteiger partial charge on any atom is 0.201 e. The van der Waals surface area contributed by atoms with Crippen LogP contribution in [0.4, 0.5) is 17.6 Å². The summed E-state index contributed by atoms with van der Waals surface area (Å²) in [6.45, 7) is 4.46. The van der Waals surface area contributed by atoms with E-state index in [4.69, 9.17) is 4.74 Å². The smallest absolute Gasteiger partial charge is 0.201 e. The lowest BCUT2D eigenvalue weighted by molar-refractivity contribution is 0.285. The Labute approximate surface area is 234 Å². The zero-order valence-corrected chi connectivity index (χ0v) is 23.2. The van der Waals surface area contributed by atoms with Crippen LogP contribution in [0.25, 0.3) is 22.3 Å². The molecule has 0 amide bonds. The van der Waals surface area contributed by atoms with Crippen molar-refractivity contribution in [3.63, 3.8) is 0 Å². The molecule has 0 bridgehead atoms. The van der Waals surface area contributed by atoms with Gasteiger partial charge in [-0.25, -0.2) is 13.2 Å². The molecule has 210 valence electrons. The number of halogens is 4. The Hall–Kier alpha value is -3.60. The first-order chi connectivity index (χ1) is 19.4. The average molecular weight is 549 g/mol. The van der Waals surface area contributed by atoms with Crippen molar-refractivity contribution in [3.8, 4) is 28.0 Å². The fraction of sp³-hybridized carbons (Fsp3) is 0.314. The summed E-state index contributed by atoms with van der Waals surface area (Å²) in [5, 5.41) is 0. The number of hydrogen-bond donors (Lipinski definition) is 0. The van der Waals surface area contributed by atoms with E-state index in [0.29, 0.717) is 36.1 Å². The van der Waals surface area contributed by atoms with Gasteiger partial charge >= 0.3 is 0 Å². The molecule has 0 saturated carbocycles. The third-order valence-corrected chi connectivity index (χ3v) is 7.28. The fourth-order valence-corrected chi connectivity index (χ4v) is 4.80. The number of ether oxygens (including phenoxy) is 1. The second-order valence-corrected chi connectivity index (χ2v) is 10.3. The van der Waals surface area contributed by atoms with Crippen LogP contribution in [0.5, 0.6) is 5.75 Å². The Morgan fingerprint density at radius 2 is 1.12 bits per heavy atom. The van der Waals surface area contributed by atoms with E-state index in [9.17, 15) is 17.6 Å². The van der Waals surface area contributed by atoms with Gasteiger partial charge in [0.2, 0.25) is 5.82 Å². The first kappa shape index (κ1) is 29.4. The largest absolute Gasteiger partial charge is 0.490 e. The molecular weight excluding hydrogens is 512 g/mol. The van der Waals surface area contributed by atoms with Crippen LogP contribution in [0.3, 0.4) is 0 Å². The van der Waals surface area contributed by atoms with E-state index in [2.05, 4.69) is 6.92 Å².